The van der Waals surface area contributed by atoms with Crippen LogP contribution in [0.25, 0.3) is 0 Å². The fourth-order valence-electron chi connectivity index (χ4n) is 2.52. The molecule has 0 amide bonds. The van der Waals surface area contributed by atoms with Crippen molar-refractivity contribution in [1.29, 1.82) is 0 Å². The number of pyridine rings is 1. The van der Waals surface area contributed by atoms with Crippen LogP contribution in [-0.4, -0.2) is 23.1 Å². The first kappa shape index (κ1) is 13.3. The molecule has 1 unspecified atom stereocenters. The zero-order valence-electron chi connectivity index (χ0n) is 10.9. The lowest BCUT2D eigenvalue weighted by molar-refractivity contribution is 0.459. The molecule has 0 radical (unpaired) electrons. The summed E-state index contributed by atoms with van der Waals surface area (Å²) in [5.41, 5.74) is 6.42. The number of hydrogen-bond donors (Lipinski definition) is 1. The van der Waals surface area contributed by atoms with Crippen LogP contribution in [0, 0.1) is 5.92 Å². The van der Waals surface area contributed by atoms with Crippen LogP contribution in [0.2, 0.25) is 0 Å². The van der Waals surface area contributed by atoms with Gasteiger partial charge in [-0.05, 0) is 37.3 Å². The summed E-state index contributed by atoms with van der Waals surface area (Å²) < 4.78 is 0. The Hall–Kier alpha value is -1.16. The summed E-state index contributed by atoms with van der Waals surface area (Å²) in [6, 6.07) is 3.99. The van der Waals surface area contributed by atoms with Gasteiger partial charge in [-0.1, -0.05) is 25.6 Å². The van der Waals surface area contributed by atoms with Crippen molar-refractivity contribution < 1.29 is 0 Å². The maximum Gasteiger partial charge on any atom is 0.128 e. The SMILES string of the molecule is CCC1CCCN(c2ccc(C(N)=S)cn2)CC1. The second kappa shape index (κ2) is 6.14. The highest BCUT2D eigenvalue weighted by atomic mass is 32.1. The minimum absolute atomic E-state index is 0.413. The van der Waals surface area contributed by atoms with E-state index in [-0.39, 0.29) is 0 Å². The number of aromatic nitrogens is 1. The Morgan fingerprint density at radius 2 is 2.28 bits per heavy atom. The van der Waals surface area contributed by atoms with E-state index in [0.29, 0.717) is 4.99 Å². The largest absolute Gasteiger partial charge is 0.389 e. The third-order valence-electron chi connectivity index (χ3n) is 3.78. The summed E-state index contributed by atoms with van der Waals surface area (Å²) in [5, 5.41) is 0. The maximum atomic E-state index is 5.58. The lowest BCUT2D eigenvalue weighted by Crippen LogP contribution is -2.25. The van der Waals surface area contributed by atoms with E-state index in [1.165, 1.54) is 25.7 Å². The third kappa shape index (κ3) is 3.19. The summed E-state index contributed by atoms with van der Waals surface area (Å²) in [4.78, 5) is 7.26. The van der Waals surface area contributed by atoms with Crippen LogP contribution in [0.15, 0.2) is 18.3 Å². The van der Waals surface area contributed by atoms with Crippen molar-refractivity contribution in [3.05, 3.63) is 23.9 Å². The fraction of sp³-hybridized carbons (Fsp3) is 0.571. The van der Waals surface area contributed by atoms with Gasteiger partial charge in [-0.25, -0.2) is 4.98 Å². The Morgan fingerprint density at radius 3 is 2.89 bits per heavy atom. The highest BCUT2D eigenvalue weighted by Crippen LogP contribution is 2.23. The van der Waals surface area contributed by atoms with Crippen molar-refractivity contribution >= 4 is 23.0 Å². The summed E-state index contributed by atoms with van der Waals surface area (Å²) in [7, 11) is 0. The Labute approximate surface area is 114 Å². The van der Waals surface area contributed by atoms with Crippen LogP contribution in [0.1, 0.15) is 38.2 Å². The van der Waals surface area contributed by atoms with E-state index in [1.807, 2.05) is 12.1 Å². The molecular weight excluding hydrogens is 242 g/mol. The van der Waals surface area contributed by atoms with Gasteiger partial charge in [0.2, 0.25) is 0 Å². The molecule has 0 aromatic carbocycles. The molecule has 2 heterocycles. The zero-order valence-corrected chi connectivity index (χ0v) is 11.7. The van der Waals surface area contributed by atoms with E-state index in [1.54, 1.807) is 6.20 Å². The third-order valence-corrected chi connectivity index (χ3v) is 4.02. The van der Waals surface area contributed by atoms with Gasteiger partial charge in [0, 0.05) is 24.8 Å². The molecule has 1 aromatic rings. The van der Waals surface area contributed by atoms with Gasteiger partial charge in [0.25, 0.3) is 0 Å². The van der Waals surface area contributed by atoms with E-state index < -0.39 is 0 Å². The second-order valence-electron chi connectivity index (χ2n) is 4.96. The predicted octanol–water partition coefficient (Wildman–Crippen LogP) is 2.73. The van der Waals surface area contributed by atoms with Crippen LogP contribution >= 0.6 is 12.2 Å². The van der Waals surface area contributed by atoms with Gasteiger partial charge in [0.15, 0.2) is 0 Å². The first-order valence-electron chi connectivity index (χ1n) is 6.71. The maximum absolute atomic E-state index is 5.58. The second-order valence-corrected chi connectivity index (χ2v) is 5.40. The molecule has 2 N–H and O–H groups in total. The highest BCUT2D eigenvalue weighted by Gasteiger charge is 2.16. The Bertz CT molecular complexity index is 402. The summed E-state index contributed by atoms with van der Waals surface area (Å²) >= 11 is 4.94. The zero-order chi connectivity index (χ0) is 13.0. The Balaban J connectivity index is 2.04. The van der Waals surface area contributed by atoms with Crippen LogP contribution < -0.4 is 10.6 Å². The fourth-order valence-corrected chi connectivity index (χ4v) is 2.64. The molecular formula is C14H21N3S. The molecule has 3 nitrogen and oxygen atoms in total. The van der Waals surface area contributed by atoms with Crippen molar-refractivity contribution in [2.24, 2.45) is 11.7 Å². The topological polar surface area (TPSA) is 42.1 Å². The summed E-state index contributed by atoms with van der Waals surface area (Å²) in [6.45, 7) is 4.50. The Morgan fingerprint density at radius 1 is 1.44 bits per heavy atom. The number of rotatable bonds is 3. The minimum atomic E-state index is 0.413. The molecule has 4 heteroatoms. The predicted molar refractivity (Wildman–Crippen MR) is 80.0 cm³/mol. The van der Waals surface area contributed by atoms with Crippen LogP contribution in [0.5, 0.6) is 0 Å². The molecule has 1 saturated heterocycles. The quantitative estimate of drug-likeness (QED) is 0.852. The molecule has 18 heavy (non-hydrogen) atoms. The first-order valence-corrected chi connectivity index (χ1v) is 7.12. The average molecular weight is 263 g/mol. The van der Waals surface area contributed by atoms with Crippen molar-refractivity contribution in [2.45, 2.75) is 32.6 Å². The summed E-state index contributed by atoms with van der Waals surface area (Å²) in [5.74, 6) is 1.93. The standard InChI is InChI=1S/C14H21N3S/c1-2-11-4-3-8-17(9-7-11)13-6-5-12(10-16-13)14(15)18/h5-6,10-11H,2-4,7-9H2,1H3,(H2,15,18). The summed E-state index contributed by atoms with van der Waals surface area (Å²) in [6.07, 6.45) is 6.95. The van der Waals surface area contributed by atoms with Gasteiger partial charge < -0.3 is 10.6 Å². The van der Waals surface area contributed by atoms with Crippen molar-refractivity contribution in [2.75, 3.05) is 18.0 Å². The van der Waals surface area contributed by atoms with Crippen LogP contribution in [0.4, 0.5) is 5.82 Å². The Kier molecular flexibility index (Phi) is 4.53. The molecule has 1 aliphatic rings. The van der Waals surface area contributed by atoms with Crippen LogP contribution in [-0.2, 0) is 0 Å². The van der Waals surface area contributed by atoms with Crippen molar-refractivity contribution in [3.8, 4) is 0 Å². The molecule has 0 aliphatic carbocycles. The van der Waals surface area contributed by atoms with Gasteiger partial charge in [-0.2, -0.15) is 0 Å². The molecule has 1 aromatic heterocycles. The number of thiocarbonyl (C=S) groups is 1. The molecule has 0 saturated carbocycles. The van der Waals surface area contributed by atoms with Crippen molar-refractivity contribution in [3.63, 3.8) is 0 Å². The van der Waals surface area contributed by atoms with E-state index in [9.17, 15) is 0 Å². The van der Waals surface area contributed by atoms with Gasteiger partial charge in [0.05, 0.1) is 0 Å². The number of nitrogens with zero attached hydrogens (tertiary/aromatic N) is 2. The van der Waals surface area contributed by atoms with Crippen molar-refractivity contribution in [1.82, 2.24) is 4.98 Å². The van der Waals surface area contributed by atoms with Gasteiger partial charge >= 0.3 is 0 Å². The molecule has 1 fully saturated rings. The van der Waals surface area contributed by atoms with E-state index in [2.05, 4.69) is 16.8 Å². The monoisotopic (exact) mass is 263 g/mol. The lowest BCUT2D eigenvalue weighted by atomic mass is 9.98. The van der Waals surface area contributed by atoms with E-state index in [0.717, 1.165) is 30.4 Å². The first-order chi connectivity index (χ1) is 8.70. The molecule has 2 rings (SSSR count). The molecule has 98 valence electrons. The smallest absolute Gasteiger partial charge is 0.128 e. The average Bonchev–Trinajstić information content (AvgIpc) is 2.64. The number of anilines is 1. The van der Waals surface area contributed by atoms with Crippen LogP contribution in [0.3, 0.4) is 0 Å². The lowest BCUT2D eigenvalue weighted by Gasteiger charge is -2.21. The van der Waals surface area contributed by atoms with Gasteiger partial charge in [0.1, 0.15) is 10.8 Å². The normalized spacial score (nSPS) is 20.5. The molecule has 0 spiro atoms. The van der Waals surface area contributed by atoms with E-state index in [4.69, 9.17) is 18.0 Å². The van der Waals surface area contributed by atoms with Gasteiger partial charge in [-0.3, -0.25) is 0 Å². The number of nitrogens with two attached hydrogens (primary N) is 1. The highest BCUT2D eigenvalue weighted by molar-refractivity contribution is 7.80. The molecule has 0 bridgehead atoms. The van der Waals surface area contributed by atoms with Gasteiger partial charge in [-0.15, -0.1) is 0 Å². The number of hydrogen-bond acceptors (Lipinski definition) is 3. The molecule has 1 aliphatic heterocycles. The molecule has 1 atom stereocenters. The van der Waals surface area contributed by atoms with E-state index >= 15 is 0 Å². The minimum Gasteiger partial charge on any atom is -0.389 e.